The second kappa shape index (κ2) is 11.6. The largest absolute Gasteiger partial charge is 0.469 e. The lowest BCUT2D eigenvalue weighted by Crippen LogP contribution is -2.44. The Hall–Kier alpha value is -1.92. The van der Waals surface area contributed by atoms with Gasteiger partial charge in [0.1, 0.15) is 0 Å². The van der Waals surface area contributed by atoms with Crippen LogP contribution in [-0.4, -0.2) is 55.7 Å². The SMILES string of the molecule is CCCC[C@H](CC(=O)OC)N(CC(=O)N(C)OC)Cc1ccccc1. The fraction of sp³-hybridized carbons (Fsp3) is 0.579. The summed E-state index contributed by atoms with van der Waals surface area (Å²) in [4.78, 5) is 31.2. The monoisotopic (exact) mass is 350 g/mol. The van der Waals surface area contributed by atoms with Crippen molar-refractivity contribution in [1.82, 2.24) is 9.96 Å². The van der Waals surface area contributed by atoms with Gasteiger partial charge in [0.05, 0.1) is 27.2 Å². The van der Waals surface area contributed by atoms with Crippen LogP contribution >= 0.6 is 0 Å². The van der Waals surface area contributed by atoms with E-state index in [-0.39, 0.29) is 30.9 Å². The molecule has 0 spiro atoms. The minimum absolute atomic E-state index is 0.0539. The average Bonchev–Trinajstić information content (AvgIpc) is 2.64. The highest BCUT2D eigenvalue weighted by atomic mass is 16.7. The van der Waals surface area contributed by atoms with Gasteiger partial charge in [-0.1, -0.05) is 50.1 Å². The van der Waals surface area contributed by atoms with Crippen molar-refractivity contribution in [3.8, 4) is 0 Å². The van der Waals surface area contributed by atoms with Gasteiger partial charge >= 0.3 is 5.97 Å². The third-order valence-electron chi connectivity index (χ3n) is 4.23. The summed E-state index contributed by atoms with van der Waals surface area (Å²) in [7, 11) is 4.44. The second-order valence-electron chi connectivity index (χ2n) is 6.04. The summed E-state index contributed by atoms with van der Waals surface area (Å²) < 4.78 is 4.85. The van der Waals surface area contributed by atoms with E-state index in [1.165, 1.54) is 19.3 Å². The molecule has 0 saturated carbocycles. The smallest absolute Gasteiger partial charge is 0.307 e. The molecule has 25 heavy (non-hydrogen) atoms. The molecule has 6 heteroatoms. The molecule has 0 unspecified atom stereocenters. The molecular formula is C19H30N2O4. The molecule has 1 rings (SSSR count). The van der Waals surface area contributed by atoms with Crippen LogP contribution < -0.4 is 0 Å². The van der Waals surface area contributed by atoms with E-state index in [2.05, 4.69) is 6.92 Å². The van der Waals surface area contributed by atoms with Crippen molar-refractivity contribution in [3.63, 3.8) is 0 Å². The fourth-order valence-electron chi connectivity index (χ4n) is 2.64. The Balaban J connectivity index is 2.96. The number of likely N-dealkylation sites (N-methyl/N-ethyl adjacent to an activating group) is 1. The predicted octanol–water partition coefficient (Wildman–Crippen LogP) is 2.63. The van der Waals surface area contributed by atoms with E-state index in [0.29, 0.717) is 6.54 Å². The molecule has 1 atom stereocenters. The summed E-state index contributed by atoms with van der Waals surface area (Å²) in [6.07, 6.45) is 3.12. The highest BCUT2D eigenvalue weighted by Gasteiger charge is 2.25. The molecule has 0 aliphatic heterocycles. The molecule has 0 saturated heterocycles. The molecule has 0 aliphatic rings. The van der Waals surface area contributed by atoms with Crippen molar-refractivity contribution in [2.45, 2.75) is 45.2 Å². The lowest BCUT2D eigenvalue weighted by atomic mass is 10.0. The minimum atomic E-state index is -0.258. The molecule has 0 N–H and O–H groups in total. The molecule has 140 valence electrons. The number of hydrogen-bond donors (Lipinski definition) is 0. The first kappa shape index (κ1) is 21.1. The Bertz CT molecular complexity index is 521. The maximum atomic E-state index is 12.4. The van der Waals surface area contributed by atoms with Crippen LogP contribution in [0.2, 0.25) is 0 Å². The lowest BCUT2D eigenvalue weighted by Gasteiger charge is -2.31. The average molecular weight is 350 g/mol. The van der Waals surface area contributed by atoms with E-state index in [9.17, 15) is 9.59 Å². The zero-order valence-corrected chi connectivity index (χ0v) is 15.7. The third-order valence-corrected chi connectivity index (χ3v) is 4.23. The van der Waals surface area contributed by atoms with Crippen LogP contribution in [-0.2, 0) is 25.7 Å². The molecule has 0 radical (unpaired) electrons. The molecule has 0 bridgehead atoms. The van der Waals surface area contributed by atoms with Crippen molar-refractivity contribution >= 4 is 11.9 Å². The van der Waals surface area contributed by atoms with Gasteiger partial charge in [0, 0.05) is 19.6 Å². The highest BCUT2D eigenvalue weighted by Crippen LogP contribution is 2.17. The van der Waals surface area contributed by atoms with Gasteiger partial charge in [0.2, 0.25) is 0 Å². The summed E-state index contributed by atoms with van der Waals surface area (Å²) in [5.41, 5.74) is 1.10. The number of nitrogens with zero attached hydrogens (tertiary/aromatic N) is 2. The quantitative estimate of drug-likeness (QED) is 0.454. The standard InChI is InChI=1S/C19H30N2O4/c1-5-6-12-17(13-19(23)24-3)21(15-18(22)20(2)25-4)14-16-10-8-7-9-11-16/h7-11,17H,5-6,12-15H2,1-4H3/t17-/m1/s1. The molecule has 1 amide bonds. The molecule has 1 aromatic rings. The van der Waals surface area contributed by atoms with Crippen molar-refractivity contribution in [2.24, 2.45) is 0 Å². The number of methoxy groups -OCH3 is 1. The van der Waals surface area contributed by atoms with E-state index < -0.39 is 0 Å². The first-order valence-corrected chi connectivity index (χ1v) is 8.67. The zero-order chi connectivity index (χ0) is 18.7. The maximum absolute atomic E-state index is 12.4. The van der Waals surface area contributed by atoms with E-state index in [0.717, 1.165) is 24.8 Å². The van der Waals surface area contributed by atoms with Gasteiger partial charge in [-0.25, -0.2) is 5.06 Å². The minimum Gasteiger partial charge on any atom is -0.469 e. The van der Waals surface area contributed by atoms with Crippen LogP contribution in [0.3, 0.4) is 0 Å². The number of ether oxygens (including phenoxy) is 1. The molecular weight excluding hydrogens is 320 g/mol. The molecule has 1 aromatic carbocycles. The van der Waals surface area contributed by atoms with Crippen molar-refractivity contribution in [2.75, 3.05) is 27.8 Å². The lowest BCUT2D eigenvalue weighted by molar-refractivity contribution is -0.171. The Morgan fingerprint density at radius 2 is 1.84 bits per heavy atom. The number of benzene rings is 1. The number of unbranched alkanes of at least 4 members (excludes halogenated alkanes) is 1. The Morgan fingerprint density at radius 1 is 1.16 bits per heavy atom. The van der Waals surface area contributed by atoms with Crippen molar-refractivity contribution < 1.29 is 19.2 Å². The van der Waals surface area contributed by atoms with Gasteiger partial charge in [-0.15, -0.1) is 0 Å². The van der Waals surface area contributed by atoms with Gasteiger partial charge in [-0.05, 0) is 12.0 Å². The Kier molecular flexibility index (Phi) is 9.80. The number of hydroxylamine groups is 2. The van der Waals surface area contributed by atoms with E-state index in [4.69, 9.17) is 9.57 Å². The van der Waals surface area contributed by atoms with Gasteiger partial charge in [-0.3, -0.25) is 19.3 Å². The summed E-state index contributed by atoms with van der Waals surface area (Å²) in [6, 6.07) is 9.89. The number of rotatable bonds is 11. The normalized spacial score (nSPS) is 12.0. The maximum Gasteiger partial charge on any atom is 0.307 e. The third kappa shape index (κ3) is 7.67. The number of amides is 1. The molecule has 6 nitrogen and oxygen atoms in total. The van der Waals surface area contributed by atoms with Crippen LogP contribution in [0.5, 0.6) is 0 Å². The molecule has 0 aromatic heterocycles. The number of carbonyl (C=O) groups excluding carboxylic acids is 2. The van der Waals surface area contributed by atoms with Gasteiger partial charge in [0.25, 0.3) is 5.91 Å². The van der Waals surface area contributed by atoms with E-state index in [1.54, 1.807) is 7.05 Å². The van der Waals surface area contributed by atoms with E-state index in [1.807, 2.05) is 35.2 Å². The van der Waals surface area contributed by atoms with Gasteiger partial charge in [0.15, 0.2) is 0 Å². The first-order chi connectivity index (χ1) is 12.0. The number of carbonyl (C=O) groups is 2. The van der Waals surface area contributed by atoms with Gasteiger partial charge < -0.3 is 4.74 Å². The number of esters is 1. The number of hydrogen-bond acceptors (Lipinski definition) is 5. The molecule has 0 heterocycles. The van der Waals surface area contributed by atoms with Crippen LogP contribution in [0.1, 0.15) is 38.2 Å². The topological polar surface area (TPSA) is 59.1 Å². The zero-order valence-electron chi connectivity index (χ0n) is 15.7. The van der Waals surface area contributed by atoms with Crippen LogP contribution in [0.4, 0.5) is 0 Å². The second-order valence-corrected chi connectivity index (χ2v) is 6.04. The fourth-order valence-corrected chi connectivity index (χ4v) is 2.64. The van der Waals surface area contributed by atoms with Crippen molar-refractivity contribution in [1.29, 1.82) is 0 Å². The molecule has 0 aliphatic carbocycles. The summed E-state index contributed by atoms with van der Waals surface area (Å²) in [5, 5.41) is 1.22. The Labute approximate surface area is 150 Å². The summed E-state index contributed by atoms with van der Waals surface area (Å²) in [6.45, 7) is 2.89. The van der Waals surface area contributed by atoms with Gasteiger partial charge in [-0.2, -0.15) is 0 Å². The van der Waals surface area contributed by atoms with Crippen LogP contribution in [0, 0.1) is 0 Å². The van der Waals surface area contributed by atoms with Crippen LogP contribution in [0.15, 0.2) is 30.3 Å². The van der Waals surface area contributed by atoms with Crippen molar-refractivity contribution in [3.05, 3.63) is 35.9 Å². The first-order valence-electron chi connectivity index (χ1n) is 8.67. The Morgan fingerprint density at radius 3 is 2.40 bits per heavy atom. The van der Waals surface area contributed by atoms with E-state index >= 15 is 0 Å². The molecule has 0 fully saturated rings. The summed E-state index contributed by atoms with van der Waals surface area (Å²) in [5.74, 6) is -0.406. The highest BCUT2D eigenvalue weighted by molar-refractivity contribution is 5.77. The van der Waals surface area contributed by atoms with Crippen LogP contribution in [0.25, 0.3) is 0 Å². The predicted molar refractivity (Wildman–Crippen MR) is 96.6 cm³/mol. The summed E-state index contributed by atoms with van der Waals surface area (Å²) >= 11 is 0.